The molecular formula is C9H10F2N2O2. The van der Waals surface area contributed by atoms with E-state index >= 15 is 0 Å². The molecule has 0 radical (unpaired) electrons. The van der Waals surface area contributed by atoms with Gasteiger partial charge in [0.2, 0.25) is 0 Å². The van der Waals surface area contributed by atoms with E-state index in [9.17, 15) is 13.6 Å². The smallest absolute Gasteiger partial charge is 0.363 e. The molecule has 0 aliphatic carbocycles. The zero-order valence-electron chi connectivity index (χ0n) is 8.11. The Bertz CT molecular complexity index is 374. The SMILES string of the molecule is C=CC(F)(F)n1cc(C(=O)OCC)cn1. The summed E-state index contributed by atoms with van der Waals surface area (Å²) >= 11 is 0. The maximum Gasteiger partial charge on any atom is 0.363 e. The lowest BCUT2D eigenvalue weighted by atomic mass is 10.4. The molecule has 0 aliphatic rings. The van der Waals surface area contributed by atoms with E-state index in [0.29, 0.717) is 10.8 Å². The summed E-state index contributed by atoms with van der Waals surface area (Å²) in [4.78, 5) is 11.1. The maximum atomic E-state index is 13.0. The van der Waals surface area contributed by atoms with Crippen LogP contribution in [0.2, 0.25) is 0 Å². The Morgan fingerprint density at radius 2 is 2.47 bits per heavy atom. The number of carbonyl (C=O) groups is 1. The molecule has 0 spiro atoms. The summed E-state index contributed by atoms with van der Waals surface area (Å²) in [7, 11) is 0. The van der Waals surface area contributed by atoms with Crippen molar-refractivity contribution in [3.05, 3.63) is 30.6 Å². The first kappa shape index (κ1) is 11.4. The molecular weight excluding hydrogens is 206 g/mol. The minimum Gasteiger partial charge on any atom is -0.462 e. The van der Waals surface area contributed by atoms with Gasteiger partial charge in [-0.25, -0.2) is 9.48 Å². The van der Waals surface area contributed by atoms with Gasteiger partial charge >= 0.3 is 12.0 Å². The first-order chi connectivity index (χ1) is 7.01. The van der Waals surface area contributed by atoms with Gasteiger partial charge in [-0.3, -0.25) is 0 Å². The van der Waals surface area contributed by atoms with E-state index in [4.69, 9.17) is 0 Å². The van der Waals surface area contributed by atoms with Crippen LogP contribution in [0.3, 0.4) is 0 Å². The topological polar surface area (TPSA) is 44.1 Å². The van der Waals surface area contributed by atoms with Crippen LogP contribution in [-0.2, 0) is 10.8 Å². The monoisotopic (exact) mass is 216 g/mol. The highest BCUT2D eigenvalue weighted by Crippen LogP contribution is 2.21. The summed E-state index contributed by atoms with van der Waals surface area (Å²) in [6, 6.07) is -3.30. The molecule has 0 bridgehead atoms. The van der Waals surface area contributed by atoms with Crippen molar-refractivity contribution < 1.29 is 18.3 Å². The van der Waals surface area contributed by atoms with Gasteiger partial charge in [-0.05, 0) is 6.92 Å². The van der Waals surface area contributed by atoms with Gasteiger partial charge in [-0.2, -0.15) is 13.9 Å². The van der Waals surface area contributed by atoms with E-state index in [1.165, 1.54) is 0 Å². The normalized spacial score (nSPS) is 11.1. The van der Waals surface area contributed by atoms with E-state index in [-0.39, 0.29) is 12.2 Å². The largest absolute Gasteiger partial charge is 0.462 e. The third kappa shape index (κ3) is 2.39. The van der Waals surface area contributed by atoms with Gasteiger partial charge < -0.3 is 4.74 Å². The van der Waals surface area contributed by atoms with Gasteiger partial charge in [0.25, 0.3) is 0 Å². The molecule has 0 atom stereocenters. The van der Waals surface area contributed by atoms with Crippen molar-refractivity contribution in [2.45, 2.75) is 13.0 Å². The summed E-state index contributed by atoms with van der Waals surface area (Å²) in [5.41, 5.74) is -0.0154. The zero-order chi connectivity index (χ0) is 11.5. The summed E-state index contributed by atoms with van der Waals surface area (Å²) in [5.74, 6) is -0.677. The number of hydrogen-bond donors (Lipinski definition) is 0. The van der Waals surface area contributed by atoms with E-state index in [2.05, 4.69) is 16.4 Å². The molecule has 1 aromatic heterocycles. The number of rotatable bonds is 4. The van der Waals surface area contributed by atoms with Crippen molar-refractivity contribution in [2.75, 3.05) is 6.61 Å². The highest BCUT2D eigenvalue weighted by Gasteiger charge is 2.28. The molecule has 15 heavy (non-hydrogen) atoms. The summed E-state index contributed by atoms with van der Waals surface area (Å²) < 4.78 is 30.9. The fourth-order valence-corrected chi connectivity index (χ4v) is 0.899. The van der Waals surface area contributed by atoms with Crippen molar-refractivity contribution in [3.8, 4) is 0 Å². The molecule has 6 heteroatoms. The number of alkyl halides is 2. The molecule has 1 heterocycles. The second-order valence-corrected chi connectivity index (χ2v) is 2.69. The Morgan fingerprint density at radius 3 is 3.00 bits per heavy atom. The molecule has 0 aromatic carbocycles. The average molecular weight is 216 g/mol. The molecule has 1 aromatic rings. The molecule has 0 aliphatic heterocycles. The van der Waals surface area contributed by atoms with Crippen LogP contribution in [0.25, 0.3) is 0 Å². The molecule has 0 saturated heterocycles. The van der Waals surface area contributed by atoms with Crippen LogP contribution in [0.15, 0.2) is 25.0 Å². The number of hydrogen-bond acceptors (Lipinski definition) is 3. The molecule has 82 valence electrons. The van der Waals surface area contributed by atoms with Gasteiger partial charge in [-0.1, -0.05) is 6.58 Å². The van der Waals surface area contributed by atoms with Crippen LogP contribution in [0, 0.1) is 0 Å². The molecule has 0 amide bonds. The van der Waals surface area contributed by atoms with Crippen molar-refractivity contribution in [1.29, 1.82) is 0 Å². The Kier molecular flexibility index (Phi) is 3.18. The van der Waals surface area contributed by atoms with Gasteiger partial charge in [0.1, 0.15) is 0 Å². The Balaban J connectivity index is 2.90. The number of carbonyl (C=O) groups excluding carboxylic acids is 1. The standard InChI is InChI=1S/C9H10F2N2O2/c1-3-9(10,11)13-6-7(5-12-13)8(14)15-4-2/h3,5-6H,1,4H2,2H3. The van der Waals surface area contributed by atoms with Crippen LogP contribution in [0.5, 0.6) is 0 Å². The summed E-state index contributed by atoms with van der Waals surface area (Å²) in [6.07, 6.45) is 2.38. The van der Waals surface area contributed by atoms with E-state index in [1.807, 2.05) is 0 Å². The Hall–Kier alpha value is -1.72. The fraction of sp³-hybridized carbons (Fsp3) is 0.333. The van der Waals surface area contributed by atoms with Crippen molar-refractivity contribution in [2.24, 2.45) is 0 Å². The van der Waals surface area contributed by atoms with Crippen molar-refractivity contribution >= 4 is 5.97 Å². The van der Waals surface area contributed by atoms with Crippen LogP contribution in [-0.4, -0.2) is 22.4 Å². The lowest BCUT2D eigenvalue weighted by Gasteiger charge is -2.10. The first-order valence-corrected chi connectivity index (χ1v) is 4.25. The number of nitrogens with zero attached hydrogens (tertiary/aromatic N) is 2. The summed E-state index contributed by atoms with van der Waals surface area (Å²) in [6.45, 7) is 4.78. The van der Waals surface area contributed by atoms with Crippen LogP contribution in [0.4, 0.5) is 8.78 Å². The molecule has 4 nitrogen and oxygen atoms in total. The minimum absolute atomic E-state index is 0.0154. The number of allylic oxidation sites excluding steroid dienone is 1. The lowest BCUT2D eigenvalue weighted by Crippen LogP contribution is -2.20. The third-order valence-corrected chi connectivity index (χ3v) is 1.64. The van der Waals surface area contributed by atoms with Crippen LogP contribution >= 0.6 is 0 Å². The molecule has 0 unspecified atom stereocenters. The molecule has 0 fully saturated rings. The second-order valence-electron chi connectivity index (χ2n) is 2.69. The minimum atomic E-state index is -3.30. The molecule has 0 saturated carbocycles. The summed E-state index contributed by atoms with van der Waals surface area (Å²) in [5, 5.41) is 3.36. The van der Waals surface area contributed by atoms with Crippen molar-refractivity contribution in [1.82, 2.24) is 9.78 Å². The van der Waals surface area contributed by atoms with Gasteiger partial charge in [0.05, 0.1) is 18.4 Å². The molecule has 1 rings (SSSR count). The van der Waals surface area contributed by atoms with Crippen molar-refractivity contribution in [3.63, 3.8) is 0 Å². The third-order valence-electron chi connectivity index (χ3n) is 1.64. The van der Waals surface area contributed by atoms with Gasteiger partial charge in [0, 0.05) is 12.3 Å². The lowest BCUT2D eigenvalue weighted by molar-refractivity contribution is -0.0394. The Morgan fingerprint density at radius 1 is 1.80 bits per heavy atom. The van der Waals surface area contributed by atoms with E-state index < -0.39 is 12.0 Å². The maximum absolute atomic E-state index is 13.0. The quantitative estimate of drug-likeness (QED) is 0.569. The fourth-order valence-electron chi connectivity index (χ4n) is 0.899. The van der Waals surface area contributed by atoms with Crippen LogP contribution < -0.4 is 0 Å². The van der Waals surface area contributed by atoms with Gasteiger partial charge in [0.15, 0.2) is 0 Å². The predicted molar refractivity (Wildman–Crippen MR) is 48.6 cm³/mol. The van der Waals surface area contributed by atoms with Gasteiger partial charge in [-0.15, -0.1) is 0 Å². The molecule has 0 N–H and O–H groups in total. The second kappa shape index (κ2) is 4.20. The van der Waals surface area contributed by atoms with Crippen LogP contribution in [0.1, 0.15) is 17.3 Å². The van der Waals surface area contributed by atoms with E-state index in [0.717, 1.165) is 12.4 Å². The first-order valence-electron chi connectivity index (χ1n) is 4.25. The number of ether oxygens (including phenoxy) is 1. The Labute approximate surface area is 85.1 Å². The average Bonchev–Trinajstić information content (AvgIpc) is 2.67. The predicted octanol–water partition coefficient (Wildman–Crippen LogP) is 1.80. The van der Waals surface area contributed by atoms with E-state index in [1.54, 1.807) is 6.92 Å². The highest BCUT2D eigenvalue weighted by atomic mass is 19.3. The number of aromatic nitrogens is 2. The number of halogens is 2. The highest BCUT2D eigenvalue weighted by molar-refractivity contribution is 5.88. The number of esters is 1. The zero-order valence-corrected chi connectivity index (χ0v) is 8.11.